The first kappa shape index (κ1) is 16.9. The van der Waals surface area contributed by atoms with E-state index in [1.165, 1.54) is 16.9 Å². The number of piperazine rings is 1. The number of nitrogens with one attached hydrogen (secondary N) is 1. The molecule has 1 aromatic heterocycles. The number of amides is 1. The van der Waals surface area contributed by atoms with E-state index in [1.807, 2.05) is 17.5 Å². The summed E-state index contributed by atoms with van der Waals surface area (Å²) in [7, 11) is 1.69. The van der Waals surface area contributed by atoms with E-state index in [0.29, 0.717) is 11.7 Å². The van der Waals surface area contributed by atoms with Gasteiger partial charge in [0.2, 0.25) is 5.91 Å². The number of ether oxygens (including phenoxy) is 1. The van der Waals surface area contributed by atoms with Crippen LogP contribution < -0.4 is 10.1 Å². The molecule has 1 fully saturated rings. The summed E-state index contributed by atoms with van der Waals surface area (Å²) >= 11 is 1.44. The third-order valence-corrected chi connectivity index (χ3v) is 4.74. The molecule has 0 spiro atoms. The number of nitrogens with zero attached hydrogens (tertiary/aromatic N) is 3. The monoisotopic (exact) mass is 346 g/mol. The Hall–Kier alpha value is -1.96. The minimum absolute atomic E-state index is 0.00574. The van der Waals surface area contributed by atoms with Gasteiger partial charge in [-0.1, -0.05) is 12.1 Å². The van der Waals surface area contributed by atoms with Crippen molar-refractivity contribution in [1.82, 2.24) is 14.8 Å². The molecular formula is C17H22N4O2S. The lowest BCUT2D eigenvalue weighted by molar-refractivity contribution is -0.117. The molecule has 7 heteroatoms. The Balaban J connectivity index is 1.42. The van der Waals surface area contributed by atoms with Crippen LogP contribution in [0.25, 0.3) is 0 Å². The molecule has 0 bridgehead atoms. The quantitative estimate of drug-likeness (QED) is 0.866. The maximum absolute atomic E-state index is 12.0. The van der Waals surface area contributed by atoms with Gasteiger partial charge in [0.15, 0.2) is 5.13 Å². The molecule has 2 aromatic rings. The molecule has 1 aliphatic heterocycles. The molecule has 3 rings (SSSR count). The standard InChI is InChI=1S/C17H22N4O2S/c1-23-15-4-2-3-14(11-15)12-20-6-8-21(9-7-20)13-16(22)19-17-18-5-10-24-17/h2-5,10-11H,6-9,12-13H2,1H3,(H,18,19,22). The molecule has 2 heterocycles. The van der Waals surface area contributed by atoms with Crippen molar-refractivity contribution in [3.63, 3.8) is 0 Å². The van der Waals surface area contributed by atoms with Crippen molar-refractivity contribution in [2.24, 2.45) is 0 Å². The van der Waals surface area contributed by atoms with E-state index in [-0.39, 0.29) is 5.91 Å². The average Bonchev–Trinajstić information content (AvgIpc) is 3.09. The number of benzene rings is 1. The van der Waals surface area contributed by atoms with Crippen molar-refractivity contribution >= 4 is 22.4 Å². The van der Waals surface area contributed by atoms with Gasteiger partial charge < -0.3 is 10.1 Å². The third-order valence-electron chi connectivity index (χ3n) is 4.05. The summed E-state index contributed by atoms with van der Waals surface area (Å²) in [6, 6.07) is 8.18. The molecule has 0 saturated carbocycles. The summed E-state index contributed by atoms with van der Waals surface area (Å²) < 4.78 is 5.27. The molecule has 6 nitrogen and oxygen atoms in total. The Labute approximate surface area is 146 Å². The smallest absolute Gasteiger partial charge is 0.240 e. The number of aromatic nitrogens is 1. The largest absolute Gasteiger partial charge is 0.497 e. The van der Waals surface area contributed by atoms with Crippen molar-refractivity contribution < 1.29 is 9.53 Å². The van der Waals surface area contributed by atoms with Crippen LogP contribution in [-0.4, -0.2) is 60.5 Å². The molecule has 128 valence electrons. The second-order valence-corrected chi connectivity index (χ2v) is 6.68. The Kier molecular flexibility index (Phi) is 5.79. The summed E-state index contributed by atoms with van der Waals surface area (Å²) in [4.78, 5) is 20.7. The number of thiazole rings is 1. The summed E-state index contributed by atoms with van der Waals surface area (Å²) in [5.41, 5.74) is 1.25. The maximum Gasteiger partial charge on any atom is 0.240 e. The SMILES string of the molecule is COc1cccc(CN2CCN(CC(=O)Nc3nccs3)CC2)c1. The number of methoxy groups -OCH3 is 1. The van der Waals surface area contributed by atoms with E-state index in [2.05, 4.69) is 32.2 Å². The number of hydrogen-bond donors (Lipinski definition) is 1. The summed E-state index contributed by atoms with van der Waals surface area (Å²) in [5, 5.41) is 5.35. The van der Waals surface area contributed by atoms with Gasteiger partial charge in [-0.15, -0.1) is 11.3 Å². The highest BCUT2D eigenvalue weighted by Gasteiger charge is 2.19. The molecule has 24 heavy (non-hydrogen) atoms. The van der Waals surface area contributed by atoms with Gasteiger partial charge >= 0.3 is 0 Å². The molecule has 1 saturated heterocycles. The van der Waals surface area contributed by atoms with Crippen LogP contribution in [0.5, 0.6) is 5.75 Å². The van der Waals surface area contributed by atoms with Crippen LogP contribution in [0.3, 0.4) is 0 Å². The van der Waals surface area contributed by atoms with E-state index in [9.17, 15) is 4.79 Å². The summed E-state index contributed by atoms with van der Waals surface area (Å²) in [6.45, 7) is 5.05. The molecule has 1 N–H and O–H groups in total. The van der Waals surface area contributed by atoms with Crippen LogP contribution >= 0.6 is 11.3 Å². The molecule has 0 atom stereocenters. The topological polar surface area (TPSA) is 57.7 Å². The Morgan fingerprint density at radius 3 is 2.79 bits per heavy atom. The highest BCUT2D eigenvalue weighted by atomic mass is 32.1. The van der Waals surface area contributed by atoms with Crippen LogP contribution in [0.15, 0.2) is 35.8 Å². The van der Waals surface area contributed by atoms with E-state index in [4.69, 9.17) is 4.74 Å². The first-order valence-electron chi connectivity index (χ1n) is 8.00. The predicted octanol–water partition coefficient (Wildman–Crippen LogP) is 1.91. The van der Waals surface area contributed by atoms with Crippen molar-refractivity contribution in [1.29, 1.82) is 0 Å². The fourth-order valence-corrected chi connectivity index (χ4v) is 3.33. The zero-order valence-corrected chi connectivity index (χ0v) is 14.6. The summed E-state index contributed by atoms with van der Waals surface area (Å²) in [6.07, 6.45) is 1.69. The highest BCUT2D eigenvalue weighted by Crippen LogP contribution is 2.15. The summed E-state index contributed by atoms with van der Waals surface area (Å²) in [5.74, 6) is 0.899. The van der Waals surface area contributed by atoms with Crippen LogP contribution in [0.4, 0.5) is 5.13 Å². The van der Waals surface area contributed by atoms with E-state index < -0.39 is 0 Å². The Morgan fingerprint density at radius 1 is 1.29 bits per heavy atom. The Morgan fingerprint density at radius 2 is 2.08 bits per heavy atom. The Bertz CT molecular complexity index is 654. The van der Waals surface area contributed by atoms with Gasteiger partial charge in [0.05, 0.1) is 13.7 Å². The first-order valence-corrected chi connectivity index (χ1v) is 8.88. The van der Waals surface area contributed by atoms with Crippen LogP contribution in [0.2, 0.25) is 0 Å². The second-order valence-electron chi connectivity index (χ2n) is 5.79. The van der Waals surface area contributed by atoms with E-state index in [1.54, 1.807) is 13.3 Å². The average molecular weight is 346 g/mol. The molecule has 0 aliphatic carbocycles. The van der Waals surface area contributed by atoms with Crippen LogP contribution in [-0.2, 0) is 11.3 Å². The predicted molar refractivity (Wildman–Crippen MR) is 95.5 cm³/mol. The molecule has 0 radical (unpaired) electrons. The minimum Gasteiger partial charge on any atom is -0.497 e. The first-order chi connectivity index (χ1) is 11.7. The van der Waals surface area contributed by atoms with Crippen molar-refractivity contribution in [2.45, 2.75) is 6.54 Å². The maximum atomic E-state index is 12.0. The van der Waals surface area contributed by atoms with Crippen molar-refractivity contribution in [3.8, 4) is 5.75 Å². The minimum atomic E-state index is 0.00574. The van der Waals surface area contributed by atoms with Gasteiger partial charge in [0.1, 0.15) is 5.75 Å². The zero-order valence-electron chi connectivity index (χ0n) is 13.8. The molecule has 1 aliphatic rings. The van der Waals surface area contributed by atoms with Crippen molar-refractivity contribution in [3.05, 3.63) is 41.4 Å². The van der Waals surface area contributed by atoms with E-state index >= 15 is 0 Å². The van der Waals surface area contributed by atoms with Gasteiger partial charge in [0, 0.05) is 44.3 Å². The van der Waals surface area contributed by atoms with Gasteiger partial charge in [-0.2, -0.15) is 0 Å². The number of carbonyl (C=O) groups excluding carboxylic acids is 1. The lowest BCUT2D eigenvalue weighted by atomic mass is 10.2. The number of anilines is 1. The third kappa shape index (κ3) is 4.77. The van der Waals surface area contributed by atoms with Crippen LogP contribution in [0.1, 0.15) is 5.56 Å². The van der Waals surface area contributed by atoms with Gasteiger partial charge in [-0.25, -0.2) is 4.98 Å². The fourth-order valence-electron chi connectivity index (χ4n) is 2.78. The lowest BCUT2D eigenvalue weighted by Crippen LogP contribution is -2.48. The normalized spacial score (nSPS) is 16.0. The number of carbonyl (C=O) groups is 1. The second kappa shape index (κ2) is 8.23. The van der Waals surface area contributed by atoms with Gasteiger partial charge in [0.25, 0.3) is 0 Å². The molecule has 1 aromatic carbocycles. The molecule has 0 unspecified atom stereocenters. The van der Waals surface area contributed by atoms with Crippen molar-refractivity contribution in [2.75, 3.05) is 45.2 Å². The molecular weight excluding hydrogens is 324 g/mol. The lowest BCUT2D eigenvalue weighted by Gasteiger charge is -2.34. The van der Waals surface area contributed by atoms with Crippen LogP contribution in [0, 0.1) is 0 Å². The number of hydrogen-bond acceptors (Lipinski definition) is 6. The zero-order chi connectivity index (χ0) is 16.8. The fraction of sp³-hybridized carbons (Fsp3) is 0.412. The van der Waals surface area contributed by atoms with E-state index in [0.717, 1.165) is 38.5 Å². The van der Waals surface area contributed by atoms with Gasteiger partial charge in [-0.3, -0.25) is 14.6 Å². The highest BCUT2D eigenvalue weighted by molar-refractivity contribution is 7.13. The number of rotatable bonds is 6. The van der Waals surface area contributed by atoms with Gasteiger partial charge in [-0.05, 0) is 17.7 Å². The molecule has 1 amide bonds.